The molecule has 0 saturated carbocycles. The van der Waals surface area contributed by atoms with Gasteiger partial charge in [0.2, 0.25) is 0 Å². The van der Waals surface area contributed by atoms with E-state index >= 15 is 0 Å². The largest absolute Gasteiger partial charge is 0.467 e. The molecule has 0 bridgehead atoms. The smallest absolute Gasteiger partial charge is 0.330 e. The summed E-state index contributed by atoms with van der Waals surface area (Å²) in [4.78, 5) is 23.3. The van der Waals surface area contributed by atoms with Crippen molar-refractivity contribution in [3.63, 3.8) is 0 Å². The summed E-state index contributed by atoms with van der Waals surface area (Å²) in [5, 5.41) is 2.27. The van der Waals surface area contributed by atoms with E-state index in [1.54, 1.807) is 36.8 Å². The summed E-state index contributed by atoms with van der Waals surface area (Å²) in [6.45, 7) is 3.39. The molecular weight excluding hydrogens is 310 g/mol. The van der Waals surface area contributed by atoms with Crippen molar-refractivity contribution in [2.75, 3.05) is 11.8 Å². The zero-order valence-corrected chi connectivity index (χ0v) is 13.3. The molecule has 0 unspecified atom stereocenters. The minimum atomic E-state index is -4.10. The third kappa shape index (κ3) is 5.60. The van der Waals surface area contributed by atoms with Crippen LogP contribution >= 0.6 is 0 Å². The predicted molar refractivity (Wildman–Crippen MR) is 81.3 cm³/mol. The highest BCUT2D eigenvalue weighted by Gasteiger charge is 2.26. The van der Waals surface area contributed by atoms with E-state index < -0.39 is 28.3 Å². The molecule has 0 aliphatic carbocycles. The number of carbonyl (C=O) groups excluding carboxylic acids is 2. The number of amides is 2. The second-order valence-electron chi connectivity index (χ2n) is 4.79. The number of methoxy groups -OCH3 is 1. The summed E-state index contributed by atoms with van der Waals surface area (Å²) in [5.41, 5.74) is 0.302. The topological polar surface area (TPSA) is 114 Å². The Morgan fingerprint density at radius 1 is 1.14 bits per heavy atom. The summed E-state index contributed by atoms with van der Waals surface area (Å²) in [6, 6.07) is 6.10. The maximum absolute atomic E-state index is 11.8. The molecule has 1 atom stereocenters. The van der Waals surface area contributed by atoms with Crippen LogP contribution in [-0.4, -0.2) is 33.6 Å². The molecule has 0 saturated heterocycles. The van der Waals surface area contributed by atoms with Crippen LogP contribution in [-0.2, 0) is 19.7 Å². The van der Waals surface area contributed by atoms with Gasteiger partial charge in [-0.2, -0.15) is 8.42 Å². The molecule has 0 spiro atoms. The maximum Gasteiger partial charge on any atom is 0.330 e. The molecule has 3 N–H and O–H groups in total. The Labute approximate surface area is 129 Å². The van der Waals surface area contributed by atoms with Crippen molar-refractivity contribution >= 4 is 27.9 Å². The molecule has 122 valence electrons. The third-order valence-electron chi connectivity index (χ3n) is 2.66. The zero-order valence-electron chi connectivity index (χ0n) is 12.5. The van der Waals surface area contributed by atoms with Crippen LogP contribution < -0.4 is 14.8 Å². The van der Waals surface area contributed by atoms with Crippen molar-refractivity contribution in [1.82, 2.24) is 10.0 Å². The number of nitrogens with one attached hydrogen (secondary N) is 3. The van der Waals surface area contributed by atoms with Crippen LogP contribution in [0.15, 0.2) is 30.3 Å². The van der Waals surface area contributed by atoms with E-state index in [1.165, 1.54) is 19.2 Å². The van der Waals surface area contributed by atoms with Gasteiger partial charge in [-0.1, -0.05) is 32.0 Å². The third-order valence-corrected chi connectivity index (χ3v) is 3.62. The van der Waals surface area contributed by atoms with E-state index in [0.717, 1.165) is 0 Å². The highest BCUT2D eigenvalue weighted by atomic mass is 32.2. The van der Waals surface area contributed by atoms with Crippen molar-refractivity contribution in [2.24, 2.45) is 5.92 Å². The molecule has 0 radical (unpaired) electrons. The molecule has 1 aromatic carbocycles. The highest BCUT2D eigenvalue weighted by molar-refractivity contribution is 7.91. The first kappa shape index (κ1) is 17.8. The fraction of sp³-hybridized carbons (Fsp3) is 0.385. The van der Waals surface area contributed by atoms with Crippen molar-refractivity contribution in [1.29, 1.82) is 0 Å². The molecule has 22 heavy (non-hydrogen) atoms. The lowest BCUT2D eigenvalue weighted by atomic mass is 10.1. The number of para-hydroxylation sites is 1. The van der Waals surface area contributed by atoms with E-state index in [0.29, 0.717) is 5.69 Å². The van der Waals surface area contributed by atoms with Gasteiger partial charge in [0.25, 0.3) is 0 Å². The zero-order chi connectivity index (χ0) is 16.8. The van der Waals surface area contributed by atoms with Crippen LogP contribution in [0.3, 0.4) is 0 Å². The molecule has 1 rings (SSSR count). The maximum atomic E-state index is 11.8. The Bertz CT molecular complexity index is 616. The van der Waals surface area contributed by atoms with Gasteiger partial charge in [-0.25, -0.2) is 14.3 Å². The van der Waals surface area contributed by atoms with Crippen molar-refractivity contribution < 1.29 is 22.7 Å². The van der Waals surface area contributed by atoms with E-state index in [4.69, 9.17) is 0 Å². The standard InChI is InChI=1S/C13H19N3O5S/c1-9(2)11(12(17)21-3)14-13(18)16-22(19,20)15-10-7-5-4-6-8-10/h4-9,11,15H,1-3H3,(H2,14,16,18)/t11-/m0/s1. The molecule has 8 nitrogen and oxygen atoms in total. The van der Waals surface area contributed by atoms with E-state index in [2.05, 4.69) is 14.8 Å². The van der Waals surface area contributed by atoms with Crippen molar-refractivity contribution in [3.8, 4) is 0 Å². The number of ether oxygens (including phenoxy) is 1. The van der Waals surface area contributed by atoms with Gasteiger partial charge in [0.05, 0.1) is 12.8 Å². The second-order valence-corrected chi connectivity index (χ2v) is 6.21. The lowest BCUT2D eigenvalue weighted by molar-refractivity contribution is -0.143. The molecular formula is C13H19N3O5S. The van der Waals surface area contributed by atoms with Crippen molar-refractivity contribution in [3.05, 3.63) is 30.3 Å². The predicted octanol–water partition coefficient (Wildman–Crippen LogP) is 0.840. The first-order chi connectivity index (χ1) is 10.2. The molecule has 0 aromatic heterocycles. The molecule has 1 aromatic rings. The first-order valence-corrected chi connectivity index (χ1v) is 7.97. The van der Waals surface area contributed by atoms with Crippen LogP contribution in [0, 0.1) is 5.92 Å². The summed E-state index contributed by atoms with van der Waals surface area (Å²) in [5.74, 6) is -0.915. The minimum absolute atomic E-state index is 0.261. The number of hydrogen-bond donors (Lipinski definition) is 3. The Hall–Kier alpha value is -2.29. The summed E-state index contributed by atoms with van der Waals surface area (Å²) >= 11 is 0. The van der Waals surface area contributed by atoms with Gasteiger partial charge in [0, 0.05) is 0 Å². The van der Waals surface area contributed by atoms with Gasteiger partial charge in [-0.3, -0.25) is 4.72 Å². The molecule has 0 fully saturated rings. The van der Waals surface area contributed by atoms with E-state index in [1.807, 2.05) is 0 Å². The number of benzene rings is 1. The summed E-state index contributed by atoms with van der Waals surface area (Å²) < 4.78 is 32.1. The van der Waals surface area contributed by atoms with Gasteiger partial charge in [-0.15, -0.1) is 0 Å². The number of esters is 1. The van der Waals surface area contributed by atoms with Crippen LogP contribution in [0.1, 0.15) is 13.8 Å². The van der Waals surface area contributed by atoms with E-state index in [-0.39, 0.29) is 5.92 Å². The summed E-state index contributed by atoms with van der Waals surface area (Å²) in [7, 11) is -2.92. The SMILES string of the molecule is COC(=O)[C@@H](NC(=O)NS(=O)(=O)Nc1ccccc1)C(C)C. The lowest BCUT2D eigenvalue weighted by Crippen LogP contribution is -2.51. The first-order valence-electron chi connectivity index (χ1n) is 6.49. The normalized spacial score (nSPS) is 12.4. The number of carbonyl (C=O) groups is 2. The molecule has 0 aliphatic rings. The number of anilines is 1. The molecule has 0 heterocycles. The van der Waals surface area contributed by atoms with Gasteiger partial charge < -0.3 is 10.1 Å². The van der Waals surface area contributed by atoms with Crippen LogP contribution in [0.2, 0.25) is 0 Å². The molecule has 2 amide bonds. The van der Waals surface area contributed by atoms with Gasteiger partial charge in [0.15, 0.2) is 0 Å². The Kier molecular flexibility index (Phi) is 6.17. The van der Waals surface area contributed by atoms with Gasteiger partial charge in [-0.05, 0) is 18.1 Å². The Morgan fingerprint density at radius 3 is 2.23 bits per heavy atom. The fourth-order valence-electron chi connectivity index (χ4n) is 1.60. The lowest BCUT2D eigenvalue weighted by Gasteiger charge is -2.20. The van der Waals surface area contributed by atoms with Gasteiger partial charge in [0.1, 0.15) is 6.04 Å². The average Bonchev–Trinajstić information content (AvgIpc) is 2.43. The van der Waals surface area contributed by atoms with Crippen LogP contribution in [0.25, 0.3) is 0 Å². The number of urea groups is 1. The van der Waals surface area contributed by atoms with Crippen molar-refractivity contribution in [2.45, 2.75) is 19.9 Å². The average molecular weight is 329 g/mol. The number of hydrogen-bond acceptors (Lipinski definition) is 5. The van der Waals surface area contributed by atoms with Gasteiger partial charge >= 0.3 is 22.2 Å². The fourth-order valence-corrected chi connectivity index (χ4v) is 2.40. The summed E-state index contributed by atoms with van der Waals surface area (Å²) in [6.07, 6.45) is 0. The monoisotopic (exact) mass is 329 g/mol. The number of rotatable bonds is 6. The second kappa shape index (κ2) is 7.64. The quantitative estimate of drug-likeness (QED) is 0.669. The highest BCUT2D eigenvalue weighted by Crippen LogP contribution is 2.07. The minimum Gasteiger partial charge on any atom is -0.467 e. The van der Waals surface area contributed by atoms with Crippen LogP contribution in [0.5, 0.6) is 0 Å². The molecule has 9 heteroatoms. The van der Waals surface area contributed by atoms with E-state index in [9.17, 15) is 18.0 Å². The Balaban J connectivity index is 2.68. The molecule has 0 aliphatic heterocycles. The van der Waals surface area contributed by atoms with Crippen LogP contribution in [0.4, 0.5) is 10.5 Å². The Morgan fingerprint density at radius 2 is 1.73 bits per heavy atom.